The number of hydrogen-bond acceptors (Lipinski definition) is 3. The Morgan fingerprint density at radius 1 is 1.10 bits per heavy atom. The van der Waals surface area contributed by atoms with E-state index >= 15 is 0 Å². The molecule has 0 atom stereocenters. The molecule has 0 fully saturated rings. The van der Waals surface area contributed by atoms with Gasteiger partial charge in [-0.2, -0.15) is 0 Å². The second-order valence-corrected chi connectivity index (χ2v) is 5.70. The number of benzene rings is 2. The number of nitrogens with one attached hydrogen (secondary N) is 1. The zero-order valence-electron chi connectivity index (χ0n) is 12.6. The highest BCUT2D eigenvalue weighted by Gasteiger charge is 2.05. The largest absolute Gasteiger partial charge is 0.493 e. The van der Waals surface area contributed by atoms with E-state index in [9.17, 15) is 0 Å². The van der Waals surface area contributed by atoms with Gasteiger partial charge in [0.05, 0.1) is 13.7 Å². The van der Waals surface area contributed by atoms with Crippen molar-refractivity contribution in [3.63, 3.8) is 0 Å². The van der Waals surface area contributed by atoms with Crippen molar-refractivity contribution in [3.8, 4) is 11.5 Å². The Bertz CT molecular complexity index is 593. The van der Waals surface area contributed by atoms with Crippen LogP contribution in [0.15, 0.2) is 40.9 Å². The molecule has 0 heterocycles. The molecule has 0 radical (unpaired) electrons. The Morgan fingerprint density at radius 2 is 1.90 bits per heavy atom. The molecule has 2 aromatic carbocycles. The molecule has 0 aliphatic carbocycles. The van der Waals surface area contributed by atoms with Crippen LogP contribution in [0.5, 0.6) is 11.5 Å². The molecular weight excluding hydrogens is 330 g/mol. The predicted octanol–water partition coefficient (Wildman–Crippen LogP) is 4.78. The van der Waals surface area contributed by atoms with Crippen LogP contribution in [0.4, 0.5) is 5.69 Å². The molecular formula is C17H20BrNO2. The number of methoxy groups -OCH3 is 1. The van der Waals surface area contributed by atoms with Crippen molar-refractivity contribution in [2.24, 2.45) is 0 Å². The molecule has 4 heteroatoms. The number of rotatable bonds is 6. The van der Waals surface area contributed by atoms with Gasteiger partial charge < -0.3 is 14.8 Å². The van der Waals surface area contributed by atoms with Crippen LogP contribution < -0.4 is 14.8 Å². The van der Waals surface area contributed by atoms with Gasteiger partial charge in [0.15, 0.2) is 11.5 Å². The van der Waals surface area contributed by atoms with Crippen LogP contribution in [-0.4, -0.2) is 13.7 Å². The normalized spacial score (nSPS) is 10.3. The summed E-state index contributed by atoms with van der Waals surface area (Å²) in [6.07, 6.45) is 0. The summed E-state index contributed by atoms with van der Waals surface area (Å²) in [5, 5.41) is 3.42. The highest BCUT2D eigenvalue weighted by Crippen LogP contribution is 2.28. The van der Waals surface area contributed by atoms with Crippen LogP contribution in [0.2, 0.25) is 0 Å². The molecule has 2 aromatic rings. The lowest BCUT2D eigenvalue weighted by Crippen LogP contribution is -2.01. The molecule has 0 unspecified atom stereocenters. The summed E-state index contributed by atoms with van der Waals surface area (Å²) < 4.78 is 12.0. The van der Waals surface area contributed by atoms with Gasteiger partial charge in [0.1, 0.15) is 0 Å². The lowest BCUT2D eigenvalue weighted by Gasteiger charge is -2.12. The Labute approximate surface area is 134 Å². The first-order chi connectivity index (χ1) is 10.1. The second-order valence-electron chi connectivity index (χ2n) is 4.79. The van der Waals surface area contributed by atoms with E-state index in [2.05, 4.69) is 46.4 Å². The van der Waals surface area contributed by atoms with Crippen molar-refractivity contribution >= 4 is 21.6 Å². The summed E-state index contributed by atoms with van der Waals surface area (Å²) in [5.41, 5.74) is 3.46. The fourth-order valence-corrected chi connectivity index (χ4v) is 2.75. The van der Waals surface area contributed by atoms with Crippen LogP contribution in [0.25, 0.3) is 0 Å². The molecule has 0 aliphatic heterocycles. The van der Waals surface area contributed by atoms with Gasteiger partial charge in [-0.3, -0.25) is 0 Å². The van der Waals surface area contributed by atoms with Gasteiger partial charge in [-0.15, -0.1) is 0 Å². The minimum atomic E-state index is 0.630. The van der Waals surface area contributed by atoms with Crippen molar-refractivity contribution in [1.29, 1.82) is 0 Å². The maximum Gasteiger partial charge on any atom is 0.161 e. The first-order valence-corrected chi connectivity index (χ1v) is 7.72. The Morgan fingerprint density at radius 3 is 2.57 bits per heavy atom. The summed E-state index contributed by atoms with van der Waals surface area (Å²) >= 11 is 3.51. The van der Waals surface area contributed by atoms with Crippen molar-refractivity contribution in [1.82, 2.24) is 0 Å². The standard InChI is InChI=1S/C17H20BrNO2/c1-4-21-16-6-5-13(9-17(16)20-3)11-19-15-8-12(2)7-14(18)10-15/h5-10,19H,4,11H2,1-3H3. The van der Waals surface area contributed by atoms with Crippen molar-refractivity contribution in [2.75, 3.05) is 19.0 Å². The first-order valence-electron chi connectivity index (χ1n) is 6.93. The lowest BCUT2D eigenvalue weighted by atomic mass is 10.2. The van der Waals surface area contributed by atoms with Gasteiger partial charge in [-0.05, 0) is 55.3 Å². The molecule has 1 N–H and O–H groups in total. The highest BCUT2D eigenvalue weighted by molar-refractivity contribution is 9.10. The van der Waals surface area contributed by atoms with Gasteiger partial charge in [0.25, 0.3) is 0 Å². The van der Waals surface area contributed by atoms with E-state index in [1.165, 1.54) is 5.56 Å². The maximum absolute atomic E-state index is 5.53. The molecule has 3 nitrogen and oxygen atoms in total. The van der Waals surface area contributed by atoms with Crippen molar-refractivity contribution < 1.29 is 9.47 Å². The minimum Gasteiger partial charge on any atom is -0.493 e. The summed E-state index contributed by atoms with van der Waals surface area (Å²) in [6.45, 7) is 5.41. The van der Waals surface area contributed by atoms with Gasteiger partial charge in [0.2, 0.25) is 0 Å². The molecule has 0 amide bonds. The third kappa shape index (κ3) is 4.39. The fourth-order valence-electron chi connectivity index (χ4n) is 2.14. The molecule has 0 aromatic heterocycles. The quantitative estimate of drug-likeness (QED) is 0.814. The van der Waals surface area contributed by atoms with Crippen molar-refractivity contribution in [2.45, 2.75) is 20.4 Å². The summed E-state index contributed by atoms with van der Waals surface area (Å²) in [5.74, 6) is 1.55. The Hall–Kier alpha value is -1.68. The molecule has 0 bridgehead atoms. The minimum absolute atomic E-state index is 0.630. The average Bonchev–Trinajstić information content (AvgIpc) is 2.45. The SMILES string of the molecule is CCOc1ccc(CNc2cc(C)cc(Br)c2)cc1OC. The number of halogens is 1. The molecule has 0 spiro atoms. The average molecular weight is 350 g/mol. The lowest BCUT2D eigenvalue weighted by molar-refractivity contribution is 0.310. The first kappa shape index (κ1) is 15.7. The second kappa shape index (κ2) is 7.36. The predicted molar refractivity (Wildman–Crippen MR) is 90.4 cm³/mol. The summed E-state index contributed by atoms with van der Waals surface area (Å²) in [6, 6.07) is 12.3. The zero-order chi connectivity index (χ0) is 15.2. The molecule has 0 aliphatic rings. The molecule has 0 saturated carbocycles. The van der Waals surface area contributed by atoms with Crippen molar-refractivity contribution in [3.05, 3.63) is 52.0 Å². The van der Waals surface area contributed by atoms with E-state index < -0.39 is 0 Å². The van der Waals surface area contributed by atoms with Crippen LogP contribution in [0.3, 0.4) is 0 Å². The fraction of sp³-hybridized carbons (Fsp3) is 0.294. The monoisotopic (exact) mass is 349 g/mol. The van der Waals surface area contributed by atoms with Gasteiger partial charge in [-0.25, -0.2) is 0 Å². The van der Waals surface area contributed by atoms with E-state index in [1.54, 1.807) is 7.11 Å². The molecule has 0 saturated heterocycles. The van der Waals surface area contributed by atoms with E-state index in [0.717, 1.165) is 33.8 Å². The third-order valence-electron chi connectivity index (χ3n) is 3.07. The third-order valence-corrected chi connectivity index (χ3v) is 3.52. The van der Waals surface area contributed by atoms with E-state index in [0.29, 0.717) is 6.61 Å². The van der Waals surface area contributed by atoms with E-state index in [-0.39, 0.29) is 0 Å². The van der Waals surface area contributed by atoms with Gasteiger partial charge in [-0.1, -0.05) is 22.0 Å². The smallest absolute Gasteiger partial charge is 0.161 e. The molecule has 2 rings (SSSR count). The highest BCUT2D eigenvalue weighted by atomic mass is 79.9. The van der Waals surface area contributed by atoms with Gasteiger partial charge in [0, 0.05) is 16.7 Å². The van der Waals surface area contributed by atoms with E-state index in [1.807, 2.05) is 25.1 Å². The van der Waals surface area contributed by atoms with Crippen LogP contribution in [0, 0.1) is 6.92 Å². The zero-order valence-corrected chi connectivity index (χ0v) is 14.2. The molecule has 21 heavy (non-hydrogen) atoms. The maximum atomic E-state index is 5.53. The van der Waals surface area contributed by atoms with Crippen LogP contribution >= 0.6 is 15.9 Å². The Kier molecular flexibility index (Phi) is 5.51. The Balaban J connectivity index is 2.09. The van der Waals surface area contributed by atoms with Crippen LogP contribution in [0.1, 0.15) is 18.1 Å². The topological polar surface area (TPSA) is 30.5 Å². The number of anilines is 1. The number of ether oxygens (including phenoxy) is 2. The van der Waals surface area contributed by atoms with E-state index in [4.69, 9.17) is 9.47 Å². The molecule has 112 valence electrons. The summed E-state index contributed by atoms with van der Waals surface area (Å²) in [7, 11) is 1.66. The van der Waals surface area contributed by atoms with Gasteiger partial charge >= 0.3 is 0 Å². The summed E-state index contributed by atoms with van der Waals surface area (Å²) in [4.78, 5) is 0. The number of aryl methyl sites for hydroxylation is 1. The number of hydrogen-bond donors (Lipinski definition) is 1. The van der Waals surface area contributed by atoms with Crippen LogP contribution in [-0.2, 0) is 6.54 Å².